The molecule has 0 aromatic carbocycles. The summed E-state index contributed by atoms with van der Waals surface area (Å²) in [6.45, 7) is 2.59. The fourth-order valence-corrected chi connectivity index (χ4v) is 5.46. The van der Waals surface area contributed by atoms with E-state index in [4.69, 9.17) is 4.74 Å². The smallest absolute Gasteiger partial charge is 0.419 e. The Hall–Kier alpha value is -1.81. The van der Waals surface area contributed by atoms with Crippen LogP contribution in [0, 0.1) is 11.8 Å². The largest absolute Gasteiger partial charge is 0.497 e. The van der Waals surface area contributed by atoms with Crippen LogP contribution in [0.3, 0.4) is 0 Å². The maximum absolute atomic E-state index is 13.5. The Balaban J connectivity index is 1.61. The molecule has 0 aromatic rings. The number of fused-ring (bicyclic) bond motifs is 2. The highest BCUT2D eigenvalue weighted by molar-refractivity contribution is 5.98. The second-order valence-corrected chi connectivity index (χ2v) is 9.03. The van der Waals surface area contributed by atoms with Crippen LogP contribution in [0.15, 0.2) is 11.3 Å². The summed E-state index contributed by atoms with van der Waals surface area (Å²) in [5, 5.41) is 20.7. The summed E-state index contributed by atoms with van der Waals surface area (Å²) in [7, 11) is 0. The van der Waals surface area contributed by atoms with Crippen LogP contribution in [0.2, 0.25) is 0 Å². The van der Waals surface area contributed by atoms with Gasteiger partial charge in [0.2, 0.25) is 5.91 Å². The molecule has 7 nitrogen and oxygen atoms in total. The first kappa shape index (κ1) is 21.4. The number of carbonyl (C=O) groups is 2. The Morgan fingerprint density at radius 3 is 2.57 bits per heavy atom. The van der Waals surface area contributed by atoms with Crippen molar-refractivity contribution in [2.75, 3.05) is 19.7 Å². The lowest BCUT2D eigenvalue weighted by Crippen LogP contribution is -2.65. The van der Waals surface area contributed by atoms with Gasteiger partial charge in [-0.25, -0.2) is 0 Å². The lowest BCUT2D eigenvalue weighted by atomic mass is 9.81. The Labute approximate surface area is 172 Å². The zero-order chi connectivity index (χ0) is 22.0. The Kier molecular flexibility index (Phi) is 5.08. The molecule has 3 aliphatic heterocycles. The van der Waals surface area contributed by atoms with Crippen LogP contribution in [0.25, 0.3) is 0 Å². The number of nitrogens with zero attached hydrogens (tertiary/aromatic N) is 2. The molecule has 2 bridgehead atoms. The number of aliphatic hydroxyl groups is 2. The van der Waals surface area contributed by atoms with Crippen molar-refractivity contribution in [1.82, 2.24) is 9.80 Å². The zero-order valence-electron chi connectivity index (χ0n) is 17.0. The molecule has 2 amide bonds. The van der Waals surface area contributed by atoms with E-state index >= 15 is 0 Å². The molecule has 2 unspecified atom stereocenters. The number of carbonyl (C=O) groups excluding carboxylic acids is 2. The van der Waals surface area contributed by atoms with E-state index in [0.717, 1.165) is 4.90 Å². The van der Waals surface area contributed by atoms with Gasteiger partial charge in [-0.15, -0.1) is 0 Å². The molecular weight excluding hydrogens is 405 g/mol. The highest BCUT2D eigenvalue weighted by Crippen LogP contribution is 2.46. The molecule has 3 heterocycles. The van der Waals surface area contributed by atoms with Crippen LogP contribution in [0.4, 0.5) is 13.2 Å². The summed E-state index contributed by atoms with van der Waals surface area (Å²) in [4.78, 5) is 29.0. The van der Waals surface area contributed by atoms with Crippen LogP contribution in [0.1, 0.15) is 39.5 Å². The first-order valence-electron chi connectivity index (χ1n) is 10.4. The Bertz CT molecular complexity index is 785. The summed E-state index contributed by atoms with van der Waals surface area (Å²) in [5.74, 6) is -1.87. The maximum Gasteiger partial charge on any atom is 0.419 e. The molecule has 3 fully saturated rings. The number of piperidine rings is 2. The monoisotopic (exact) mass is 432 g/mol. The molecule has 168 valence electrons. The van der Waals surface area contributed by atoms with E-state index < -0.39 is 54.2 Å². The number of aliphatic hydroxyl groups excluding tert-OH is 1. The van der Waals surface area contributed by atoms with Crippen LogP contribution < -0.4 is 0 Å². The predicted molar refractivity (Wildman–Crippen MR) is 97.8 cm³/mol. The van der Waals surface area contributed by atoms with Crippen molar-refractivity contribution >= 4 is 11.8 Å². The third-order valence-corrected chi connectivity index (χ3v) is 7.36. The normalized spacial score (nSPS) is 39.0. The number of rotatable bonds is 2. The van der Waals surface area contributed by atoms with Gasteiger partial charge < -0.3 is 24.7 Å². The van der Waals surface area contributed by atoms with Crippen molar-refractivity contribution in [2.45, 2.75) is 69.5 Å². The standard InChI is InChI=1S/C20H27F3N2O5/c1-10-3-5-24(9-19(10,29)20(21,22)23)18(28)16-12-7-14(15(26)8-12)25(16)17(27)13-4-6-30-11(13)2/h10,12,14-16,26,29H,3-9H2,1-2H3/t10-,12?,14?,15+,16-,19-/m1/s1. The molecule has 1 saturated carbocycles. The van der Waals surface area contributed by atoms with Crippen molar-refractivity contribution < 1.29 is 37.7 Å². The molecule has 30 heavy (non-hydrogen) atoms. The summed E-state index contributed by atoms with van der Waals surface area (Å²) in [5.41, 5.74) is -2.54. The molecule has 0 aromatic heterocycles. The van der Waals surface area contributed by atoms with E-state index in [9.17, 15) is 33.0 Å². The summed E-state index contributed by atoms with van der Waals surface area (Å²) in [6.07, 6.45) is -4.46. The van der Waals surface area contributed by atoms with Crippen LogP contribution in [0.5, 0.6) is 0 Å². The average Bonchev–Trinajstić information content (AvgIpc) is 3.35. The lowest BCUT2D eigenvalue weighted by Gasteiger charge is -2.46. The van der Waals surface area contributed by atoms with Gasteiger partial charge in [-0.1, -0.05) is 6.92 Å². The first-order valence-corrected chi connectivity index (χ1v) is 10.4. The number of allylic oxidation sites excluding steroid dienone is 1. The minimum absolute atomic E-state index is 0.0111. The van der Waals surface area contributed by atoms with Crippen molar-refractivity contribution in [3.8, 4) is 0 Å². The molecule has 0 radical (unpaired) electrons. The molecule has 4 aliphatic rings. The number of halogens is 3. The number of alkyl halides is 3. The van der Waals surface area contributed by atoms with Gasteiger partial charge in [0, 0.05) is 13.0 Å². The SMILES string of the molecule is CC1=C(C(=O)N2C3CC(C[C@@H]3O)[C@@H]2C(=O)N2CC[C@@H](C)[C@@](O)(C(F)(F)F)C2)CCO1. The minimum atomic E-state index is -4.87. The molecule has 2 N–H and O–H groups in total. The topological polar surface area (TPSA) is 90.3 Å². The van der Waals surface area contributed by atoms with Gasteiger partial charge in [0.25, 0.3) is 5.91 Å². The quantitative estimate of drug-likeness (QED) is 0.684. The van der Waals surface area contributed by atoms with E-state index in [1.165, 1.54) is 11.8 Å². The summed E-state index contributed by atoms with van der Waals surface area (Å²) in [6, 6.07) is -1.47. The van der Waals surface area contributed by atoms with Gasteiger partial charge in [-0.05, 0) is 38.0 Å². The number of likely N-dealkylation sites (tertiary alicyclic amines) is 2. The van der Waals surface area contributed by atoms with Crippen LogP contribution in [-0.4, -0.2) is 81.5 Å². The van der Waals surface area contributed by atoms with E-state index in [1.54, 1.807) is 6.92 Å². The number of β-amino-alcohol motifs (C(OH)–C–C–N with tert-alkyl or cyclic N) is 1. The molecule has 10 heteroatoms. The van der Waals surface area contributed by atoms with Gasteiger partial charge in [-0.2, -0.15) is 13.2 Å². The van der Waals surface area contributed by atoms with E-state index in [-0.39, 0.29) is 18.9 Å². The van der Waals surface area contributed by atoms with Crippen molar-refractivity contribution in [2.24, 2.45) is 11.8 Å². The molecule has 1 aliphatic carbocycles. The van der Waals surface area contributed by atoms with Crippen LogP contribution in [-0.2, 0) is 14.3 Å². The zero-order valence-corrected chi connectivity index (χ0v) is 17.0. The number of hydrogen-bond acceptors (Lipinski definition) is 5. The Morgan fingerprint density at radius 1 is 1.27 bits per heavy atom. The first-order chi connectivity index (χ1) is 14.0. The van der Waals surface area contributed by atoms with Gasteiger partial charge in [0.1, 0.15) is 11.8 Å². The second kappa shape index (κ2) is 7.12. The minimum Gasteiger partial charge on any atom is -0.497 e. The highest BCUT2D eigenvalue weighted by atomic mass is 19.4. The number of hydrogen-bond donors (Lipinski definition) is 2. The third-order valence-electron chi connectivity index (χ3n) is 7.36. The van der Waals surface area contributed by atoms with Gasteiger partial charge in [0.05, 0.1) is 30.9 Å². The van der Waals surface area contributed by atoms with Crippen molar-refractivity contribution in [1.29, 1.82) is 0 Å². The maximum atomic E-state index is 13.5. The molecule has 6 atom stereocenters. The molecule has 0 spiro atoms. The van der Waals surface area contributed by atoms with Gasteiger partial charge in [-0.3, -0.25) is 9.59 Å². The van der Waals surface area contributed by atoms with E-state index in [0.29, 0.717) is 37.2 Å². The highest BCUT2D eigenvalue weighted by Gasteiger charge is 2.62. The third kappa shape index (κ3) is 3.10. The molecule has 2 saturated heterocycles. The predicted octanol–water partition coefficient (Wildman–Crippen LogP) is 1.19. The Morgan fingerprint density at radius 2 is 1.97 bits per heavy atom. The van der Waals surface area contributed by atoms with E-state index in [1.807, 2.05) is 0 Å². The van der Waals surface area contributed by atoms with E-state index in [2.05, 4.69) is 0 Å². The van der Waals surface area contributed by atoms with Gasteiger partial charge in [0.15, 0.2) is 5.60 Å². The van der Waals surface area contributed by atoms with Crippen molar-refractivity contribution in [3.63, 3.8) is 0 Å². The lowest BCUT2D eigenvalue weighted by molar-refractivity contribution is -0.289. The number of ether oxygens (including phenoxy) is 1. The molecular formula is C20H27F3N2O5. The second-order valence-electron chi connectivity index (χ2n) is 9.03. The van der Waals surface area contributed by atoms with Crippen LogP contribution >= 0.6 is 0 Å². The number of amides is 2. The average molecular weight is 432 g/mol. The summed E-state index contributed by atoms with van der Waals surface area (Å²) < 4.78 is 46.0. The fraction of sp³-hybridized carbons (Fsp3) is 0.800. The summed E-state index contributed by atoms with van der Waals surface area (Å²) >= 11 is 0. The van der Waals surface area contributed by atoms with Gasteiger partial charge >= 0.3 is 6.18 Å². The van der Waals surface area contributed by atoms with Crippen molar-refractivity contribution in [3.05, 3.63) is 11.3 Å². The molecule has 4 rings (SSSR count). The fourth-order valence-electron chi connectivity index (χ4n) is 5.46.